The topological polar surface area (TPSA) is 54.5 Å². The predicted molar refractivity (Wildman–Crippen MR) is 81.3 cm³/mol. The van der Waals surface area contributed by atoms with Crippen LogP contribution in [0.2, 0.25) is 0 Å². The fraction of sp³-hybridized carbons (Fsp3) is 0.714. The van der Waals surface area contributed by atoms with Crippen molar-refractivity contribution in [2.45, 2.75) is 51.7 Å². The van der Waals surface area contributed by atoms with Gasteiger partial charge in [-0.3, -0.25) is 0 Å². The number of hydrogen-bond donors (Lipinski definition) is 1. The van der Waals surface area contributed by atoms with Crippen LogP contribution in [-0.2, 0) is 4.74 Å². The van der Waals surface area contributed by atoms with E-state index >= 15 is 0 Å². The Bertz CT molecular complexity index is 428. The number of ether oxygens (including phenoxy) is 1. The van der Waals surface area contributed by atoms with Crippen molar-refractivity contribution in [1.82, 2.24) is 10.3 Å². The summed E-state index contributed by atoms with van der Waals surface area (Å²) in [6.45, 7) is 7.22. The molecule has 0 saturated carbocycles. The van der Waals surface area contributed by atoms with Gasteiger partial charge in [0.1, 0.15) is 5.60 Å². The number of anilines is 1. The fourth-order valence-corrected chi connectivity index (χ4v) is 3.08. The molecule has 1 aliphatic heterocycles. The molecular formula is C14H23N3O2S. The van der Waals surface area contributed by atoms with E-state index in [0.29, 0.717) is 12.6 Å². The van der Waals surface area contributed by atoms with Crippen molar-refractivity contribution in [2.24, 2.45) is 0 Å². The highest BCUT2D eigenvalue weighted by molar-refractivity contribution is 7.13. The maximum Gasteiger partial charge on any atom is 0.407 e. The first-order valence-corrected chi connectivity index (χ1v) is 7.97. The molecular weight excluding hydrogens is 274 g/mol. The molecule has 5 nitrogen and oxygen atoms in total. The molecule has 1 aliphatic rings. The summed E-state index contributed by atoms with van der Waals surface area (Å²) in [6.07, 6.45) is 4.94. The van der Waals surface area contributed by atoms with Gasteiger partial charge in [0.2, 0.25) is 0 Å². The first-order chi connectivity index (χ1) is 9.46. The first kappa shape index (κ1) is 15.1. The Kier molecular flexibility index (Phi) is 4.86. The van der Waals surface area contributed by atoms with Crippen molar-refractivity contribution in [3.8, 4) is 0 Å². The molecule has 0 aromatic carbocycles. The summed E-state index contributed by atoms with van der Waals surface area (Å²) in [5.74, 6) is 0. The van der Waals surface area contributed by atoms with Crippen molar-refractivity contribution in [3.05, 3.63) is 11.6 Å². The van der Waals surface area contributed by atoms with E-state index in [-0.39, 0.29) is 6.09 Å². The molecule has 1 saturated heterocycles. The number of carbonyl (C=O) groups is 1. The van der Waals surface area contributed by atoms with Gasteiger partial charge in [-0.05, 0) is 40.0 Å². The molecule has 6 heteroatoms. The molecule has 112 valence electrons. The van der Waals surface area contributed by atoms with Gasteiger partial charge in [0.15, 0.2) is 5.13 Å². The zero-order chi connectivity index (χ0) is 14.6. The Balaban J connectivity index is 1.88. The van der Waals surface area contributed by atoms with Crippen LogP contribution < -0.4 is 10.2 Å². The predicted octanol–water partition coefficient (Wildman–Crippen LogP) is 3.03. The lowest BCUT2D eigenvalue weighted by molar-refractivity contribution is 0.0523. The number of piperidine rings is 1. The van der Waals surface area contributed by atoms with Crippen molar-refractivity contribution in [2.75, 3.05) is 18.0 Å². The third-order valence-electron chi connectivity index (χ3n) is 3.17. The van der Waals surface area contributed by atoms with Crippen molar-refractivity contribution >= 4 is 22.6 Å². The zero-order valence-corrected chi connectivity index (χ0v) is 13.2. The zero-order valence-electron chi connectivity index (χ0n) is 12.4. The van der Waals surface area contributed by atoms with Crippen LogP contribution in [0.5, 0.6) is 0 Å². The maximum atomic E-state index is 11.7. The van der Waals surface area contributed by atoms with Crippen LogP contribution in [0.15, 0.2) is 11.6 Å². The summed E-state index contributed by atoms with van der Waals surface area (Å²) in [5, 5.41) is 5.91. The molecule has 1 aromatic heterocycles. The SMILES string of the molecule is CC(C)(C)OC(=O)NCC1CCCCN1c1nccs1. The number of amides is 1. The molecule has 1 atom stereocenters. The van der Waals surface area contributed by atoms with Crippen LogP contribution in [0.25, 0.3) is 0 Å². The Morgan fingerprint density at radius 2 is 2.35 bits per heavy atom. The highest BCUT2D eigenvalue weighted by atomic mass is 32.1. The number of nitrogens with zero attached hydrogens (tertiary/aromatic N) is 2. The second-order valence-electron chi connectivity index (χ2n) is 6.04. The van der Waals surface area contributed by atoms with E-state index in [1.165, 1.54) is 12.8 Å². The minimum Gasteiger partial charge on any atom is -0.444 e. The smallest absolute Gasteiger partial charge is 0.407 e. The van der Waals surface area contributed by atoms with Gasteiger partial charge in [-0.25, -0.2) is 9.78 Å². The number of thiazole rings is 1. The van der Waals surface area contributed by atoms with Crippen molar-refractivity contribution in [1.29, 1.82) is 0 Å². The van der Waals surface area contributed by atoms with E-state index < -0.39 is 5.60 Å². The van der Waals surface area contributed by atoms with E-state index in [0.717, 1.165) is 18.1 Å². The van der Waals surface area contributed by atoms with Crippen molar-refractivity contribution in [3.63, 3.8) is 0 Å². The number of nitrogens with one attached hydrogen (secondary N) is 1. The molecule has 0 bridgehead atoms. The Labute approximate surface area is 124 Å². The monoisotopic (exact) mass is 297 g/mol. The normalized spacial score (nSPS) is 19.8. The van der Waals surface area contributed by atoms with E-state index in [1.54, 1.807) is 11.3 Å². The quantitative estimate of drug-likeness (QED) is 0.931. The second kappa shape index (κ2) is 6.43. The molecule has 1 N–H and O–H groups in total. The van der Waals surface area contributed by atoms with Gasteiger partial charge < -0.3 is 15.0 Å². The molecule has 20 heavy (non-hydrogen) atoms. The van der Waals surface area contributed by atoms with Crippen LogP contribution in [0.3, 0.4) is 0 Å². The average Bonchev–Trinajstić information content (AvgIpc) is 2.88. The van der Waals surface area contributed by atoms with Gasteiger partial charge in [-0.2, -0.15) is 0 Å². The number of aromatic nitrogens is 1. The molecule has 2 rings (SSSR count). The fourth-order valence-electron chi connectivity index (χ4n) is 2.34. The largest absolute Gasteiger partial charge is 0.444 e. The lowest BCUT2D eigenvalue weighted by Gasteiger charge is -2.35. The Morgan fingerprint density at radius 1 is 1.55 bits per heavy atom. The van der Waals surface area contributed by atoms with Crippen LogP contribution >= 0.6 is 11.3 Å². The molecule has 2 heterocycles. The van der Waals surface area contributed by atoms with Crippen molar-refractivity contribution < 1.29 is 9.53 Å². The summed E-state index contributed by atoms with van der Waals surface area (Å²) in [7, 11) is 0. The lowest BCUT2D eigenvalue weighted by atomic mass is 10.0. The minimum atomic E-state index is -0.453. The van der Waals surface area contributed by atoms with E-state index in [2.05, 4.69) is 15.2 Å². The summed E-state index contributed by atoms with van der Waals surface area (Å²) < 4.78 is 5.27. The molecule has 1 unspecified atom stereocenters. The van der Waals surface area contributed by atoms with Crippen LogP contribution in [0.4, 0.5) is 9.93 Å². The van der Waals surface area contributed by atoms with Crippen LogP contribution in [-0.4, -0.2) is 35.8 Å². The molecule has 1 amide bonds. The van der Waals surface area contributed by atoms with Crippen LogP contribution in [0.1, 0.15) is 40.0 Å². The third kappa shape index (κ3) is 4.37. The van der Waals surface area contributed by atoms with E-state index in [4.69, 9.17) is 4.74 Å². The first-order valence-electron chi connectivity index (χ1n) is 7.09. The highest BCUT2D eigenvalue weighted by Crippen LogP contribution is 2.26. The summed E-state index contributed by atoms with van der Waals surface area (Å²) in [4.78, 5) is 18.4. The van der Waals surface area contributed by atoms with E-state index in [1.807, 2.05) is 32.3 Å². The van der Waals surface area contributed by atoms with Gasteiger partial charge in [-0.1, -0.05) is 0 Å². The number of rotatable bonds is 3. The van der Waals surface area contributed by atoms with E-state index in [9.17, 15) is 4.79 Å². The summed E-state index contributed by atoms with van der Waals surface area (Å²) >= 11 is 1.65. The Morgan fingerprint density at radius 3 is 3.00 bits per heavy atom. The standard InChI is InChI=1S/C14H23N3O2S/c1-14(2,3)19-13(18)16-10-11-6-4-5-8-17(11)12-15-7-9-20-12/h7,9,11H,4-6,8,10H2,1-3H3,(H,16,18). The van der Waals surface area contributed by atoms with Gasteiger partial charge in [0.05, 0.1) is 0 Å². The van der Waals surface area contributed by atoms with Crippen LogP contribution in [0, 0.1) is 0 Å². The minimum absolute atomic E-state index is 0.308. The number of hydrogen-bond acceptors (Lipinski definition) is 5. The summed E-state index contributed by atoms with van der Waals surface area (Å²) in [6, 6.07) is 0.308. The van der Waals surface area contributed by atoms with Gasteiger partial charge in [0, 0.05) is 30.7 Å². The average molecular weight is 297 g/mol. The molecule has 1 fully saturated rings. The second-order valence-corrected chi connectivity index (χ2v) is 6.91. The number of carbonyl (C=O) groups excluding carboxylic acids is 1. The molecule has 0 aliphatic carbocycles. The number of alkyl carbamates (subject to hydrolysis) is 1. The Hall–Kier alpha value is -1.30. The van der Waals surface area contributed by atoms with Gasteiger partial charge >= 0.3 is 6.09 Å². The van der Waals surface area contributed by atoms with Gasteiger partial charge in [-0.15, -0.1) is 11.3 Å². The third-order valence-corrected chi connectivity index (χ3v) is 3.98. The van der Waals surface area contributed by atoms with Gasteiger partial charge in [0.25, 0.3) is 0 Å². The molecule has 0 spiro atoms. The summed E-state index contributed by atoms with van der Waals surface area (Å²) in [5.41, 5.74) is -0.453. The highest BCUT2D eigenvalue weighted by Gasteiger charge is 2.25. The molecule has 0 radical (unpaired) electrons. The lowest BCUT2D eigenvalue weighted by Crippen LogP contribution is -2.47. The molecule has 1 aromatic rings. The maximum absolute atomic E-state index is 11.7.